The zero-order chi connectivity index (χ0) is 4.50. The second-order valence-electron chi connectivity index (χ2n) is 0.495. The summed E-state index contributed by atoms with van der Waals surface area (Å²) in [4.78, 5) is 0. The Morgan fingerprint density at radius 3 is 0.800 bits per heavy atom. The van der Waals surface area contributed by atoms with E-state index in [0.29, 0.717) is 0 Å². The number of rotatable bonds is 0. The zero-order valence-electron chi connectivity index (χ0n) is 2.09. The van der Waals surface area contributed by atoms with E-state index in [1.807, 2.05) is 0 Å². The van der Waals surface area contributed by atoms with Crippen LogP contribution in [0.15, 0.2) is 0 Å². The maximum atomic E-state index is 3.33. The van der Waals surface area contributed by atoms with Crippen molar-refractivity contribution in [2.45, 2.75) is 0 Å². The predicted octanol–water partition coefficient (Wildman–Crippen LogP) is 3.00. The first-order valence-corrected chi connectivity index (χ1v) is 23.6. The molecule has 0 aromatic rings. The van der Waals surface area contributed by atoms with Gasteiger partial charge in [-0.3, -0.25) is 0 Å². The standard InChI is InChI=1S/4BrH.Ga/h4*1H;/q;;;;+3/p-4. The third-order valence-electron chi connectivity index (χ3n) is 0. The number of halogens is 4. The predicted molar refractivity (Wildman–Crippen MR) is 41.5 cm³/mol. The minimum atomic E-state index is -1.88. The third-order valence-corrected chi connectivity index (χ3v) is 0. The summed E-state index contributed by atoms with van der Waals surface area (Å²) < 4.78 is 0. The van der Waals surface area contributed by atoms with Gasteiger partial charge in [0.05, 0.1) is 0 Å². The van der Waals surface area contributed by atoms with Crippen molar-refractivity contribution in [1.82, 2.24) is 0 Å². The molecule has 0 rings (SSSR count). The first kappa shape index (κ1) is 7.56. The summed E-state index contributed by atoms with van der Waals surface area (Å²) in [5.41, 5.74) is 0. The van der Waals surface area contributed by atoms with E-state index >= 15 is 0 Å². The third kappa shape index (κ3) is 20.8. The topological polar surface area (TPSA) is 0 Å². The Labute approximate surface area is 60.2 Å². The van der Waals surface area contributed by atoms with E-state index < -0.39 is 7.11 Å². The van der Waals surface area contributed by atoms with Crippen LogP contribution in [-0.4, -0.2) is 7.11 Å². The summed E-state index contributed by atoms with van der Waals surface area (Å²) >= 11 is 13.3. The maximum absolute atomic E-state index is 3.33. The molecule has 0 aliphatic rings. The summed E-state index contributed by atoms with van der Waals surface area (Å²) in [5.74, 6) is 0. The van der Waals surface area contributed by atoms with Gasteiger partial charge in [0.1, 0.15) is 0 Å². The first-order valence-electron chi connectivity index (χ1n) is 0.873. The molecule has 0 saturated heterocycles. The molecule has 0 saturated carbocycles. The summed E-state index contributed by atoms with van der Waals surface area (Å²) in [6.45, 7) is 0. The van der Waals surface area contributed by atoms with Crippen molar-refractivity contribution >= 4 is 61.3 Å². The molecular formula is Br4Ga-. The Kier molecular flexibility index (Phi) is 4.18. The van der Waals surface area contributed by atoms with E-state index in [0.717, 1.165) is 0 Å². The molecule has 0 aliphatic heterocycles. The van der Waals surface area contributed by atoms with Crippen molar-refractivity contribution < 1.29 is 0 Å². The number of hydrogen-bond donors (Lipinski definition) is 0. The van der Waals surface area contributed by atoms with Gasteiger partial charge in [0.2, 0.25) is 0 Å². The average Bonchev–Trinajstić information content (AvgIpc) is 0.722. The Hall–Kier alpha value is 2.56. The van der Waals surface area contributed by atoms with Crippen LogP contribution in [0, 0.1) is 0 Å². The molecule has 0 fully saturated rings. The average molecular weight is 389 g/mol. The molecule has 0 aliphatic carbocycles. The molecule has 0 spiro atoms. The van der Waals surface area contributed by atoms with Crippen LogP contribution < -0.4 is 0 Å². The molecule has 5 heavy (non-hydrogen) atoms. The van der Waals surface area contributed by atoms with Crippen molar-refractivity contribution in [1.29, 1.82) is 0 Å². The fraction of sp³-hybridized carbons (Fsp3) is 0. The van der Waals surface area contributed by atoms with Gasteiger partial charge in [-0.2, -0.15) is 0 Å². The molecule has 0 nitrogen and oxygen atoms in total. The summed E-state index contributed by atoms with van der Waals surface area (Å²) in [7, 11) is -1.88. The summed E-state index contributed by atoms with van der Waals surface area (Å²) in [5, 5.41) is 0. The monoisotopic (exact) mass is 385 g/mol. The van der Waals surface area contributed by atoms with Crippen LogP contribution in [0.2, 0.25) is 0 Å². The van der Waals surface area contributed by atoms with Crippen LogP contribution in [0.4, 0.5) is 0 Å². The van der Waals surface area contributed by atoms with Gasteiger partial charge in [-0.25, -0.2) is 0 Å². The minimum absolute atomic E-state index is 1.88. The van der Waals surface area contributed by atoms with Crippen LogP contribution in [0.25, 0.3) is 0 Å². The number of hydrogen-bond acceptors (Lipinski definition) is 0. The van der Waals surface area contributed by atoms with Gasteiger partial charge < -0.3 is 0 Å². The van der Waals surface area contributed by atoms with Crippen molar-refractivity contribution in [2.24, 2.45) is 0 Å². The molecule has 0 heterocycles. The molecule has 0 N–H and O–H groups in total. The molecule has 5 heteroatoms. The molecule has 0 unspecified atom stereocenters. The fourth-order valence-corrected chi connectivity index (χ4v) is 0. The van der Waals surface area contributed by atoms with Gasteiger partial charge in [0, 0.05) is 0 Å². The molecule has 0 aromatic carbocycles. The Morgan fingerprint density at radius 1 is 0.800 bits per heavy atom. The van der Waals surface area contributed by atoms with Crippen molar-refractivity contribution in [2.75, 3.05) is 0 Å². The van der Waals surface area contributed by atoms with Crippen LogP contribution in [0.5, 0.6) is 0 Å². The van der Waals surface area contributed by atoms with Gasteiger partial charge in [0.15, 0.2) is 0 Å². The summed E-state index contributed by atoms with van der Waals surface area (Å²) in [6, 6.07) is 0. The van der Waals surface area contributed by atoms with Gasteiger partial charge >= 0.3 is 61.3 Å². The van der Waals surface area contributed by atoms with E-state index in [4.69, 9.17) is 0 Å². The Balaban J connectivity index is 3.02. The van der Waals surface area contributed by atoms with Gasteiger partial charge in [-0.15, -0.1) is 0 Å². The van der Waals surface area contributed by atoms with Crippen molar-refractivity contribution in [3.63, 3.8) is 0 Å². The van der Waals surface area contributed by atoms with E-state index in [2.05, 4.69) is 54.2 Å². The Morgan fingerprint density at radius 2 is 0.800 bits per heavy atom. The second kappa shape index (κ2) is 2.76. The molecule has 0 aromatic heterocycles. The summed E-state index contributed by atoms with van der Waals surface area (Å²) in [6.07, 6.45) is 0. The molecule has 0 radical (unpaired) electrons. The SMILES string of the molecule is [Br][Ga-]([Br])([Br])[Br]. The quantitative estimate of drug-likeness (QED) is 0.559. The van der Waals surface area contributed by atoms with Gasteiger partial charge in [-0.05, 0) is 0 Å². The van der Waals surface area contributed by atoms with Crippen LogP contribution >= 0.6 is 54.2 Å². The van der Waals surface area contributed by atoms with Crippen LogP contribution in [0.1, 0.15) is 0 Å². The molecule has 0 amide bonds. The first-order chi connectivity index (χ1) is 2.00. The molecule has 32 valence electrons. The van der Waals surface area contributed by atoms with E-state index in [1.54, 1.807) is 0 Å². The fourth-order valence-electron chi connectivity index (χ4n) is 0. The zero-order valence-corrected chi connectivity index (χ0v) is 10.9. The van der Waals surface area contributed by atoms with Gasteiger partial charge in [-0.1, -0.05) is 0 Å². The Bertz CT molecular complexity index is 19.1. The molecule has 0 atom stereocenters. The van der Waals surface area contributed by atoms with E-state index in [1.165, 1.54) is 0 Å². The van der Waals surface area contributed by atoms with E-state index in [-0.39, 0.29) is 0 Å². The van der Waals surface area contributed by atoms with Crippen LogP contribution in [-0.2, 0) is 0 Å². The van der Waals surface area contributed by atoms with Crippen molar-refractivity contribution in [3.05, 3.63) is 0 Å². The second-order valence-corrected chi connectivity index (χ2v) is 69.4. The normalized spacial score (nSPS) is 12.0. The van der Waals surface area contributed by atoms with Crippen LogP contribution in [0.3, 0.4) is 0 Å². The van der Waals surface area contributed by atoms with Gasteiger partial charge in [0.25, 0.3) is 0 Å². The molecule has 0 bridgehead atoms. The van der Waals surface area contributed by atoms with E-state index in [9.17, 15) is 0 Å². The van der Waals surface area contributed by atoms with Crippen molar-refractivity contribution in [3.8, 4) is 0 Å². The molecular weight excluding hydrogens is 389 g/mol.